The molecule has 5 nitrogen and oxygen atoms in total. The van der Waals surface area contributed by atoms with Gasteiger partial charge in [0.15, 0.2) is 0 Å². The summed E-state index contributed by atoms with van der Waals surface area (Å²) in [5.41, 5.74) is -0.101. The number of carbonyl (C=O) groups is 1. The van der Waals surface area contributed by atoms with Crippen molar-refractivity contribution in [1.82, 2.24) is 10.2 Å². The van der Waals surface area contributed by atoms with Crippen LogP contribution in [0, 0.1) is 11.6 Å². The molecule has 0 unspecified atom stereocenters. The minimum absolute atomic E-state index is 0.101. The van der Waals surface area contributed by atoms with E-state index in [1.807, 2.05) is 0 Å². The lowest BCUT2D eigenvalue weighted by Crippen LogP contribution is -2.20. The van der Waals surface area contributed by atoms with Crippen molar-refractivity contribution in [3.63, 3.8) is 0 Å². The smallest absolute Gasteiger partial charge is 0.305 e. The first-order chi connectivity index (χ1) is 9.61. The maximum absolute atomic E-state index is 13.4. The lowest BCUT2D eigenvalue weighted by atomic mass is 10.3. The molecule has 104 valence electrons. The molecule has 20 heavy (non-hydrogen) atoms. The zero-order valence-electron chi connectivity index (χ0n) is 10.2. The van der Waals surface area contributed by atoms with Gasteiger partial charge in [0.2, 0.25) is 5.13 Å². The van der Waals surface area contributed by atoms with Crippen LogP contribution in [-0.2, 0) is 0 Å². The van der Waals surface area contributed by atoms with Gasteiger partial charge in [-0.05, 0) is 25.0 Å². The third kappa shape index (κ3) is 2.90. The Hall–Kier alpha value is -2.09. The van der Waals surface area contributed by atoms with Crippen molar-refractivity contribution in [2.24, 2.45) is 0 Å². The minimum Gasteiger partial charge on any atom is -0.305 e. The van der Waals surface area contributed by atoms with Gasteiger partial charge in [-0.2, -0.15) is 0 Å². The molecule has 1 fully saturated rings. The lowest BCUT2D eigenvalue weighted by Gasteiger charge is -2.05. The normalized spacial score (nSPS) is 14.1. The van der Waals surface area contributed by atoms with Crippen LogP contribution in [-0.4, -0.2) is 16.2 Å². The van der Waals surface area contributed by atoms with Gasteiger partial charge < -0.3 is 5.32 Å². The number of anilines is 2. The van der Waals surface area contributed by atoms with E-state index in [4.69, 9.17) is 0 Å². The van der Waals surface area contributed by atoms with Crippen molar-refractivity contribution in [2.45, 2.75) is 18.8 Å². The molecule has 2 aromatic rings. The molecule has 0 aliphatic heterocycles. The molecular formula is C12H10F2N4OS. The first-order valence-corrected chi connectivity index (χ1v) is 6.80. The predicted octanol–water partition coefficient (Wildman–Crippen LogP) is 3.34. The van der Waals surface area contributed by atoms with E-state index in [0.717, 1.165) is 30.0 Å². The van der Waals surface area contributed by atoms with Gasteiger partial charge in [-0.25, -0.2) is 13.6 Å². The molecule has 0 atom stereocenters. The molecule has 1 aliphatic rings. The number of rotatable bonds is 3. The van der Waals surface area contributed by atoms with Gasteiger partial charge in [-0.15, -0.1) is 10.2 Å². The zero-order valence-corrected chi connectivity index (χ0v) is 11.0. The van der Waals surface area contributed by atoms with Gasteiger partial charge >= 0.3 is 6.03 Å². The number of nitrogens with one attached hydrogen (secondary N) is 2. The van der Waals surface area contributed by atoms with Crippen LogP contribution < -0.4 is 10.6 Å². The fourth-order valence-corrected chi connectivity index (χ4v) is 2.53. The van der Waals surface area contributed by atoms with Crippen molar-refractivity contribution in [1.29, 1.82) is 0 Å². The van der Waals surface area contributed by atoms with Crippen LogP contribution in [0.2, 0.25) is 0 Å². The summed E-state index contributed by atoms with van der Waals surface area (Å²) in [5, 5.41) is 13.8. The Balaban J connectivity index is 1.63. The van der Waals surface area contributed by atoms with Crippen LogP contribution in [0.4, 0.5) is 24.4 Å². The summed E-state index contributed by atoms with van der Waals surface area (Å²) in [6.45, 7) is 0. The number of benzene rings is 1. The Morgan fingerprint density at radius 3 is 2.75 bits per heavy atom. The molecule has 2 amide bonds. The molecule has 3 rings (SSSR count). The molecule has 1 aromatic heterocycles. The van der Waals surface area contributed by atoms with Crippen LogP contribution >= 0.6 is 11.3 Å². The van der Waals surface area contributed by atoms with Crippen LogP contribution in [0.25, 0.3) is 0 Å². The molecule has 1 aliphatic carbocycles. The van der Waals surface area contributed by atoms with Crippen LogP contribution in [0.5, 0.6) is 0 Å². The number of hydrogen-bond acceptors (Lipinski definition) is 4. The van der Waals surface area contributed by atoms with Crippen molar-refractivity contribution >= 4 is 28.2 Å². The zero-order chi connectivity index (χ0) is 14.1. The third-order valence-electron chi connectivity index (χ3n) is 2.77. The summed E-state index contributed by atoms with van der Waals surface area (Å²) in [7, 11) is 0. The second-order valence-electron chi connectivity index (χ2n) is 4.42. The average molecular weight is 296 g/mol. The number of nitrogens with zero attached hydrogens (tertiary/aromatic N) is 2. The van der Waals surface area contributed by atoms with Gasteiger partial charge in [0.1, 0.15) is 16.6 Å². The van der Waals surface area contributed by atoms with E-state index in [1.54, 1.807) is 0 Å². The highest BCUT2D eigenvalue weighted by molar-refractivity contribution is 7.15. The summed E-state index contributed by atoms with van der Waals surface area (Å²) >= 11 is 1.30. The molecule has 1 heterocycles. The third-order valence-corrected chi connectivity index (χ3v) is 3.77. The van der Waals surface area contributed by atoms with E-state index in [2.05, 4.69) is 20.8 Å². The largest absolute Gasteiger partial charge is 0.325 e. The fraction of sp³-hybridized carbons (Fsp3) is 0.250. The van der Waals surface area contributed by atoms with E-state index in [1.165, 1.54) is 11.3 Å². The maximum atomic E-state index is 13.4. The van der Waals surface area contributed by atoms with Crippen molar-refractivity contribution in [3.8, 4) is 0 Å². The quantitative estimate of drug-likeness (QED) is 0.913. The Morgan fingerprint density at radius 2 is 2.05 bits per heavy atom. The Bertz CT molecular complexity index is 657. The number of carbonyl (C=O) groups excluding carboxylic acids is 1. The van der Waals surface area contributed by atoms with Gasteiger partial charge in [-0.1, -0.05) is 11.3 Å². The summed E-state index contributed by atoms with van der Waals surface area (Å²) in [5.74, 6) is -1.08. The van der Waals surface area contributed by atoms with Crippen LogP contribution in [0.15, 0.2) is 18.2 Å². The molecule has 8 heteroatoms. The Labute approximate surface area is 117 Å². The molecule has 2 N–H and O–H groups in total. The van der Waals surface area contributed by atoms with E-state index >= 15 is 0 Å². The molecule has 0 radical (unpaired) electrons. The average Bonchev–Trinajstić information content (AvgIpc) is 3.14. The summed E-state index contributed by atoms with van der Waals surface area (Å²) in [6, 6.07) is 2.27. The molecule has 0 spiro atoms. The second kappa shape index (κ2) is 5.12. The van der Waals surface area contributed by atoms with E-state index < -0.39 is 17.7 Å². The van der Waals surface area contributed by atoms with Crippen molar-refractivity contribution in [2.75, 3.05) is 10.6 Å². The Morgan fingerprint density at radius 1 is 1.25 bits per heavy atom. The number of hydrogen-bond donors (Lipinski definition) is 2. The molecule has 1 aromatic carbocycles. The predicted molar refractivity (Wildman–Crippen MR) is 70.9 cm³/mol. The summed E-state index contributed by atoms with van der Waals surface area (Å²) in [6.07, 6.45) is 2.20. The second-order valence-corrected chi connectivity index (χ2v) is 5.43. The highest BCUT2D eigenvalue weighted by Crippen LogP contribution is 2.42. The van der Waals surface area contributed by atoms with Crippen LogP contribution in [0.1, 0.15) is 23.8 Å². The Kier molecular flexibility index (Phi) is 3.31. The lowest BCUT2D eigenvalue weighted by molar-refractivity contribution is 0.262. The fourth-order valence-electron chi connectivity index (χ4n) is 1.62. The first-order valence-electron chi connectivity index (χ1n) is 5.98. The maximum Gasteiger partial charge on any atom is 0.325 e. The first kappa shape index (κ1) is 12.9. The van der Waals surface area contributed by atoms with Crippen LogP contribution in [0.3, 0.4) is 0 Å². The molecular weight excluding hydrogens is 286 g/mol. The highest BCUT2D eigenvalue weighted by atomic mass is 32.1. The molecule has 0 bridgehead atoms. The highest BCUT2D eigenvalue weighted by Gasteiger charge is 2.27. The number of aromatic nitrogens is 2. The van der Waals surface area contributed by atoms with E-state index in [9.17, 15) is 13.6 Å². The number of halogens is 2. The van der Waals surface area contributed by atoms with E-state index in [-0.39, 0.29) is 5.69 Å². The standard InChI is InChI=1S/C12H10F2N4OS/c13-7-3-4-9(8(14)5-7)15-11(19)16-12-18-17-10(20-12)6-1-2-6/h3-6H,1-2H2,(H2,15,16,18,19). The number of urea groups is 1. The summed E-state index contributed by atoms with van der Waals surface area (Å²) in [4.78, 5) is 11.7. The van der Waals surface area contributed by atoms with Gasteiger partial charge in [0.05, 0.1) is 5.69 Å². The topological polar surface area (TPSA) is 66.9 Å². The number of amides is 2. The van der Waals surface area contributed by atoms with E-state index in [0.29, 0.717) is 17.1 Å². The van der Waals surface area contributed by atoms with Gasteiger partial charge in [0.25, 0.3) is 0 Å². The minimum atomic E-state index is -0.837. The van der Waals surface area contributed by atoms with Gasteiger partial charge in [-0.3, -0.25) is 5.32 Å². The monoisotopic (exact) mass is 296 g/mol. The summed E-state index contributed by atoms with van der Waals surface area (Å²) < 4.78 is 26.1. The SMILES string of the molecule is O=C(Nc1nnc(C2CC2)s1)Nc1ccc(F)cc1F. The van der Waals surface area contributed by atoms with Crippen molar-refractivity contribution < 1.29 is 13.6 Å². The molecule has 0 saturated heterocycles. The van der Waals surface area contributed by atoms with Gasteiger partial charge in [0, 0.05) is 12.0 Å². The molecule has 1 saturated carbocycles. The van der Waals surface area contributed by atoms with Crippen molar-refractivity contribution in [3.05, 3.63) is 34.8 Å².